The molecule has 0 rings (SSSR count). The van der Waals surface area contributed by atoms with Crippen molar-refractivity contribution in [3.63, 3.8) is 0 Å². The predicted octanol–water partition coefficient (Wildman–Crippen LogP) is 9.28. The number of hydrogen-bond donors (Lipinski definition) is 0. The summed E-state index contributed by atoms with van der Waals surface area (Å²) in [5.41, 5.74) is 0.646. The number of rotatable bonds is 16. The lowest BCUT2D eigenvalue weighted by molar-refractivity contribution is 0.164. The monoisotopic (exact) mass is 352 g/mol. The minimum absolute atomic E-state index is 0.646. The molecular weight excluding hydrogens is 300 g/mol. The largest absolute Gasteiger partial charge is 0.0628 e. The zero-order chi connectivity index (χ0) is 19.3. The van der Waals surface area contributed by atoms with Crippen LogP contribution < -0.4 is 0 Å². The molecule has 0 aromatic carbocycles. The molecule has 152 valence electrons. The van der Waals surface area contributed by atoms with E-state index in [-0.39, 0.29) is 0 Å². The molecule has 0 saturated heterocycles. The first-order valence-corrected chi connectivity index (χ1v) is 11.7. The van der Waals surface area contributed by atoms with Gasteiger partial charge >= 0.3 is 0 Å². The van der Waals surface area contributed by atoms with Crippen LogP contribution in [0.2, 0.25) is 0 Å². The van der Waals surface area contributed by atoms with E-state index >= 15 is 0 Å². The first-order chi connectivity index (χ1) is 11.7. The van der Waals surface area contributed by atoms with Crippen LogP contribution in [0, 0.1) is 29.1 Å². The Balaban J connectivity index is 4.85. The van der Waals surface area contributed by atoms with E-state index in [4.69, 9.17) is 0 Å². The van der Waals surface area contributed by atoms with Crippen molar-refractivity contribution >= 4 is 0 Å². The molecule has 25 heavy (non-hydrogen) atoms. The van der Waals surface area contributed by atoms with Gasteiger partial charge in [-0.05, 0) is 54.8 Å². The normalized spacial score (nSPS) is 13.0. The van der Waals surface area contributed by atoms with Gasteiger partial charge in [0, 0.05) is 0 Å². The average Bonchev–Trinajstić information content (AvgIpc) is 2.45. The zero-order valence-electron chi connectivity index (χ0n) is 19.3. The van der Waals surface area contributed by atoms with E-state index in [2.05, 4.69) is 55.4 Å². The molecule has 0 amide bonds. The zero-order valence-corrected chi connectivity index (χ0v) is 19.3. The van der Waals surface area contributed by atoms with Gasteiger partial charge in [0.2, 0.25) is 0 Å². The SMILES string of the molecule is CC(C)CCCC(CCCC(C)C)(CCCC(C)C)CCCC(C)C. The molecule has 0 heterocycles. The van der Waals surface area contributed by atoms with Gasteiger partial charge in [-0.15, -0.1) is 0 Å². The van der Waals surface area contributed by atoms with Crippen LogP contribution in [-0.2, 0) is 0 Å². The quantitative estimate of drug-likeness (QED) is 0.259. The van der Waals surface area contributed by atoms with Gasteiger partial charge in [-0.2, -0.15) is 0 Å². The fourth-order valence-electron chi connectivity index (χ4n) is 4.29. The van der Waals surface area contributed by atoms with Crippen molar-refractivity contribution in [3.8, 4) is 0 Å². The molecule has 0 aliphatic heterocycles. The summed E-state index contributed by atoms with van der Waals surface area (Å²) in [6.07, 6.45) is 17.4. The lowest BCUT2D eigenvalue weighted by Gasteiger charge is -2.36. The third-order valence-corrected chi connectivity index (χ3v) is 5.95. The molecule has 0 fully saturated rings. The van der Waals surface area contributed by atoms with E-state index in [0.717, 1.165) is 23.7 Å². The Morgan fingerprint density at radius 2 is 0.600 bits per heavy atom. The van der Waals surface area contributed by atoms with E-state index in [9.17, 15) is 0 Å². The minimum Gasteiger partial charge on any atom is -0.0628 e. The molecule has 0 aromatic heterocycles. The molecule has 0 heteroatoms. The van der Waals surface area contributed by atoms with Crippen LogP contribution in [0.1, 0.15) is 132 Å². The average molecular weight is 353 g/mol. The summed E-state index contributed by atoms with van der Waals surface area (Å²) in [7, 11) is 0. The highest BCUT2D eigenvalue weighted by Crippen LogP contribution is 2.42. The molecule has 0 aromatic rings. The van der Waals surface area contributed by atoms with Crippen molar-refractivity contribution in [3.05, 3.63) is 0 Å². The summed E-state index contributed by atoms with van der Waals surface area (Å²) in [5.74, 6) is 3.44. The molecule has 0 spiro atoms. The fraction of sp³-hybridized carbons (Fsp3) is 1.00. The maximum absolute atomic E-state index is 2.39. The van der Waals surface area contributed by atoms with Crippen LogP contribution in [0.4, 0.5) is 0 Å². The topological polar surface area (TPSA) is 0 Å². The summed E-state index contributed by atoms with van der Waals surface area (Å²) in [6.45, 7) is 19.1. The molecule has 0 atom stereocenters. The molecule has 0 N–H and O–H groups in total. The van der Waals surface area contributed by atoms with E-state index in [1.54, 1.807) is 0 Å². The Kier molecular flexibility index (Phi) is 14.1. The summed E-state index contributed by atoms with van der Waals surface area (Å²) in [4.78, 5) is 0. The van der Waals surface area contributed by atoms with E-state index in [1.165, 1.54) is 77.0 Å². The van der Waals surface area contributed by atoms with Crippen LogP contribution in [-0.4, -0.2) is 0 Å². The highest BCUT2D eigenvalue weighted by atomic mass is 14.3. The van der Waals surface area contributed by atoms with Crippen LogP contribution >= 0.6 is 0 Å². The van der Waals surface area contributed by atoms with Crippen molar-refractivity contribution in [1.82, 2.24) is 0 Å². The summed E-state index contributed by atoms with van der Waals surface area (Å²) in [5, 5.41) is 0. The van der Waals surface area contributed by atoms with Gasteiger partial charge < -0.3 is 0 Å². The Labute approximate surface area is 161 Å². The van der Waals surface area contributed by atoms with Crippen molar-refractivity contribution in [2.45, 2.75) is 132 Å². The van der Waals surface area contributed by atoms with Gasteiger partial charge in [0.1, 0.15) is 0 Å². The molecule has 0 aliphatic rings. The van der Waals surface area contributed by atoms with Gasteiger partial charge in [-0.3, -0.25) is 0 Å². The van der Waals surface area contributed by atoms with Gasteiger partial charge in [0.15, 0.2) is 0 Å². The third-order valence-electron chi connectivity index (χ3n) is 5.95. The Morgan fingerprint density at radius 1 is 0.400 bits per heavy atom. The van der Waals surface area contributed by atoms with E-state index < -0.39 is 0 Å². The molecule has 0 unspecified atom stereocenters. The summed E-state index contributed by atoms with van der Waals surface area (Å²) < 4.78 is 0. The molecule has 0 bridgehead atoms. The summed E-state index contributed by atoms with van der Waals surface area (Å²) in [6, 6.07) is 0. The molecule has 0 aliphatic carbocycles. The van der Waals surface area contributed by atoms with Gasteiger partial charge in [-0.1, -0.05) is 107 Å². The lowest BCUT2D eigenvalue weighted by atomic mass is 9.70. The van der Waals surface area contributed by atoms with E-state index in [0.29, 0.717) is 5.41 Å². The first kappa shape index (κ1) is 25.0. The standard InChI is InChI=1S/C25H52/c1-21(2)13-9-17-25(18-10-14-22(3)4,19-11-15-23(5)6)20-12-16-24(7)8/h21-24H,9-20H2,1-8H3. The molecular formula is C25H52. The lowest BCUT2D eigenvalue weighted by Crippen LogP contribution is -2.22. The Bertz CT molecular complexity index is 223. The summed E-state index contributed by atoms with van der Waals surface area (Å²) >= 11 is 0. The van der Waals surface area contributed by atoms with Crippen LogP contribution in [0.25, 0.3) is 0 Å². The molecule has 0 radical (unpaired) electrons. The number of hydrogen-bond acceptors (Lipinski definition) is 0. The first-order valence-electron chi connectivity index (χ1n) is 11.7. The minimum atomic E-state index is 0.646. The Hall–Kier alpha value is 0. The second kappa shape index (κ2) is 14.1. The highest BCUT2D eigenvalue weighted by Gasteiger charge is 2.28. The molecule has 0 saturated carbocycles. The van der Waals surface area contributed by atoms with Crippen LogP contribution in [0.3, 0.4) is 0 Å². The fourth-order valence-corrected chi connectivity index (χ4v) is 4.29. The predicted molar refractivity (Wildman–Crippen MR) is 117 cm³/mol. The van der Waals surface area contributed by atoms with Gasteiger partial charge in [-0.25, -0.2) is 0 Å². The second-order valence-electron chi connectivity index (χ2n) is 10.6. The highest BCUT2D eigenvalue weighted by molar-refractivity contribution is 4.81. The maximum Gasteiger partial charge on any atom is -0.0297 e. The van der Waals surface area contributed by atoms with E-state index in [1.807, 2.05) is 0 Å². The van der Waals surface area contributed by atoms with Gasteiger partial charge in [0.25, 0.3) is 0 Å². The maximum atomic E-state index is 2.39. The van der Waals surface area contributed by atoms with Crippen molar-refractivity contribution in [1.29, 1.82) is 0 Å². The van der Waals surface area contributed by atoms with Crippen molar-refractivity contribution in [2.75, 3.05) is 0 Å². The van der Waals surface area contributed by atoms with Crippen LogP contribution in [0.15, 0.2) is 0 Å². The smallest absolute Gasteiger partial charge is 0.0297 e. The van der Waals surface area contributed by atoms with Gasteiger partial charge in [0.05, 0.1) is 0 Å². The third kappa shape index (κ3) is 14.8. The van der Waals surface area contributed by atoms with Crippen LogP contribution in [0.5, 0.6) is 0 Å². The second-order valence-corrected chi connectivity index (χ2v) is 10.6. The Morgan fingerprint density at radius 3 is 0.760 bits per heavy atom. The van der Waals surface area contributed by atoms with Crippen molar-refractivity contribution in [2.24, 2.45) is 29.1 Å². The molecule has 0 nitrogen and oxygen atoms in total. The van der Waals surface area contributed by atoms with Crippen molar-refractivity contribution < 1.29 is 0 Å².